The fraction of sp³-hybridized carbons (Fsp3) is 1.00. The minimum Gasteiger partial charge on any atom is -0.390 e. The molecular formula is C13H24O4. The van der Waals surface area contributed by atoms with E-state index in [1.165, 1.54) is 0 Å². The van der Waals surface area contributed by atoms with E-state index in [0.29, 0.717) is 19.1 Å². The van der Waals surface area contributed by atoms with E-state index in [4.69, 9.17) is 14.2 Å². The van der Waals surface area contributed by atoms with Crippen LogP contribution in [0.3, 0.4) is 0 Å². The van der Waals surface area contributed by atoms with Crippen LogP contribution >= 0.6 is 0 Å². The van der Waals surface area contributed by atoms with Gasteiger partial charge in [-0.2, -0.15) is 0 Å². The topological polar surface area (TPSA) is 47.9 Å². The second kappa shape index (κ2) is 6.14. The summed E-state index contributed by atoms with van der Waals surface area (Å²) in [5.41, 5.74) is 0. The van der Waals surface area contributed by atoms with Crippen molar-refractivity contribution in [1.82, 2.24) is 0 Å². The molecule has 5 unspecified atom stereocenters. The number of ether oxygens (including phenoxy) is 3. The molecule has 0 amide bonds. The van der Waals surface area contributed by atoms with E-state index >= 15 is 0 Å². The first kappa shape index (κ1) is 13.3. The van der Waals surface area contributed by atoms with Gasteiger partial charge in [-0.25, -0.2) is 0 Å². The van der Waals surface area contributed by atoms with E-state index < -0.39 is 0 Å². The molecule has 1 N–H and O–H groups in total. The highest BCUT2D eigenvalue weighted by molar-refractivity contribution is 4.93. The third-order valence-electron chi connectivity index (χ3n) is 3.86. The lowest BCUT2D eigenvalue weighted by Gasteiger charge is -2.43. The quantitative estimate of drug-likeness (QED) is 0.796. The lowest BCUT2D eigenvalue weighted by Crippen LogP contribution is -2.55. The lowest BCUT2D eigenvalue weighted by atomic mass is 9.87. The molecule has 2 aliphatic rings. The molecular weight excluding hydrogens is 220 g/mol. The van der Waals surface area contributed by atoms with Gasteiger partial charge in [0.1, 0.15) is 6.10 Å². The van der Waals surface area contributed by atoms with Crippen LogP contribution in [0.1, 0.15) is 39.0 Å². The van der Waals surface area contributed by atoms with Crippen LogP contribution in [0.15, 0.2) is 0 Å². The van der Waals surface area contributed by atoms with Crippen molar-refractivity contribution < 1.29 is 19.3 Å². The van der Waals surface area contributed by atoms with Crippen LogP contribution in [0, 0.1) is 0 Å². The molecule has 2 aliphatic carbocycles. The van der Waals surface area contributed by atoms with Crippen LogP contribution in [-0.2, 0) is 14.2 Å². The predicted octanol–water partition coefficient (Wildman–Crippen LogP) is 1.50. The normalized spacial score (nSPS) is 42.2. The molecule has 17 heavy (non-hydrogen) atoms. The van der Waals surface area contributed by atoms with Crippen LogP contribution in [0.5, 0.6) is 0 Å². The average Bonchev–Trinajstić information content (AvgIpc) is 2.36. The Hall–Kier alpha value is -0.160. The van der Waals surface area contributed by atoms with Gasteiger partial charge in [0.05, 0.1) is 24.4 Å². The molecule has 0 radical (unpaired) electrons. The third-order valence-corrected chi connectivity index (χ3v) is 3.86. The number of hydrogen-bond acceptors (Lipinski definition) is 4. The maximum absolute atomic E-state index is 9.61. The summed E-state index contributed by atoms with van der Waals surface area (Å²) < 4.78 is 16.9. The molecule has 4 nitrogen and oxygen atoms in total. The fourth-order valence-corrected chi connectivity index (χ4v) is 2.79. The Morgan fingerprint density at radius 3 is 2.59 bits per heavy atom. The van der Waals surface area contributed by atoms with Crippen molar-refractivity contribution >= 4 is 0 Å². The first-order chi connectivity index (χ1) is 8.24. The molecule has 100 valence electrons. The molecule has 0 aromatic heterocycles. The Labute approximate surface area is 103 Å². The van der Waals surface area contributed by atoms with Crippen molar-refractivity contribution in [1.29, 1.82) is 0 Å². The number of hydrogen-bond donors (Lipinski definition) is 1. The fourth-order valence-electron chi connectivity index (χ4n) is 2.79. The van der Waals surface area contributed by atoms with Crippen LogP contribution in [0.2, 0.25) is 0 Å². The summed E-state index contributed by atoms with van der Waals surface area (Å²) in [5, 5.41) is 9.61. The van der Waals surface area contributed by atoms with Crippen molar-refractivity contribution in [2.24, 2.45) is 0 Å². The minimum atomic E-state index is -0.346. The molecule has 5 atom stereocenters. The molecule has 0 aliphatic heterocycles. The summed E-state index contributed by atoms with van der Waals surface area (Å²) in [5.74, 6) is 0. The first-order valence-corrected chi connectivity index (χ1v) is 6.72. The molecule has 2 rings (SSSR count). The number of aliphatic hydroxyl groups excluding tert-OH is 1. The van der Waals surface area contributed by atoms with Gasteiger partial charge in [0.2, 0.25) is 0 Å². The Balaban J connectivity index is 1.76. The Kier molecular flexibility index (Phi) is 4.79. The van der Waals surface area contributed by atoms with E-state index in [1.807, 2.05) is 6.92 Å². The third kappa shape index (κ3) is 3.19. The monoisotopic (exact) mass is 244 g/mol. The Morgan fingerprint density at radius 1 is 1.18 bits per heavy atom. The van der Waals surface area contributed by atoms with Gasteiger partial charge in [0, 0.05) is 20.1 Å². The highest BCUT2D eigenvalue weighted by Gasteiger charge is 2.43. The number of methoxy groups -OCH3 is 1. The van der Waals surface area contributed by atoms with Gasteiger partial charge in [-0.3, -0.25) is 0 Å². The summed E-state index contributed by atoms with van der Waals surface area (Å²) in [6.07, 6.45) is 5.30. The van der Waals surface area contributed by atoms with Gasteiger partial charge in [-0.05, 0) is 32.6 Å². The first-order valence-electron chi connectivity index (χ1n) is 6.72. The van der Waals surface area contributed by atoms with E-state index in [2.05, 4.69) is 0 Å². The predicted molar refractivity (Wildman–Crippen MR) is 64.0 cm³/mol. The van der Waals surface area contributed by atoms with E-state index in [0.717, 1.165) is 25.7 Å². The summed E-state index contributed by atoms with van der Waals surface area (Å²) in [4.78, 5) is 0. The second-order valence-corrected chi connectivity index (χ2v) is 5.04. The van der Waals surface area contributed by atoms with Crippen molar-refractivity contribution in [2.45, 2.75) is 69.5 Å². The van der Waals surface area contributed by atoms with Gasteiger partial charge < -0.3 is 19.3 Å². The second-order valence-electron chi connectivity index (χ2n) is 5.04. The molecule has 0 spiro atoms. The van der Waals surface area contributed by atoms with Crippen LogP contribution in [-0.4, -0.2) is 49.3 Å². The van der Waals surface area contributed by atoms with Crippen molar-refractivity contribution in [3.05, 3.63) is 0 Å². The molecule has 0 saturated heterocycles. The zero-order valence-corrected chi connectivity index (χ0v) is 10.8. The number of aliphatic hydroxyl groups is 1. The van der Waals surface area contributed by atoms with Gasteiger partial charge in [0.15, 0.2) is 0 Å². The maximum atomic E-state index is 9.61. The van der Waals surface area contributed by atoms with Crippen molar-refractivity contribution in [3.8, 4) is 0 Å². The highest BCUT2D eigenvalue weighted by Crippen LogP contribution is 2.32. The van der Waals surface area contributed by atoms with E-state index in [-0.39, 0.29) is 24.4 Å². The van der Waals surface area contributed by atoms with Crippen LogP contribution < -0.4 is 0 Å². The molecule has 2 saturated carbocycles. The zero-order chi connectivity index (χ0) is 12.3. The summed E-state index contributed by atoms with van der Waals surface area (Å²) in [7, 11) is 1.77. The molecule has 0 bridgehead atoms. The van der Waals surface area contributed by atoms with Gasteiger partial charge in [-0.15, -0.1) is 0 Å². The standard InChI is InChI=1S/C13H24O4/c1-3-16-13-11(14)8-12(13)17-10-6-4-5-9(7-10)15-2/h9-14H,3-8H2,1-2H3. The van der Waals surface area contributed by atoms with Gasteiger partial charge in [-0.1, -0.05) is 0 Å². The highest BCUT2D eigenvalue weighted by atomic mass is 16.6. The molecule has 0 aromatic rings. The maximum Gasteiger partial charge on any atom is 0.110 e. The summed E-state index contributed by atoms with van der Waals surface area (Å²) >= 11 is 0. The van der Waals surface area contributed by atoms with Gasteiger partial charge in [0.25, 0.3) is 0 Å². The Morgan fingerprint density at radius 2 is 1.94 bits per heavy atom. The minimum absolute atomic E-state index is 0.0746. The van der Waals surface area contributed by atoms with E-state index in [9.17, 15) is 5.11 Å². The summed E-state index contributed by atoms with van der Waals surface area (Å²) in [6, 6.07) is 0. The summed E-state index contributed by atoms with van der Waals surface area (Å²) in [6.45, 7) is 2.58. The van der Waals surface area contributed by atoms with Crippen LogP contribution in [0.25, 0.3) is 0 Å². The van der Waals surface area contributed by atoms with Crippen molar-refractivity contribution in [2.75, 3.05) is 13.7 Å². The lowest BCUT2D eigenvalue weighted by molar-refractivity contribution is -0.212. The average molecular weight is 244 g/mol. The molecule has 2 fully saturated rings. The molecule has 0 aromatic carbocycles. The zero-order valence-electron chi connectivity index (χ0n) is 10.8. The Bertz CT molecular complexity index is 231. The molecule has 4 heteroatoms. The van der Waals surface area contributed by atoms with Gasteiger partial charge >= 0.3 is 0 Å². The molecule has 0 heterocycles. The van der Waals surface area contributed by atoms with Crippen molar-refractivity contribution in [3.63, 3.8) is 0 Å². The SMILES string of the molecule is CCOC1C(O)CC1OC1CCCC(OC)C1. The smallest absolute Gasteiger partial charge is 0.110 e. The number of rotatable bonds is 5. The van der Waals surface area contributed by atoms with Crippen LogP contribution in [0.4, 0.5) is 0 Å². The largest absolute Gasteiger partial charge is 0.390 e. The van der Waals surface area contributed by atoms with E-state index in [1.54, 1.807) is 7.11 Å².